The largest absolute Gasteiger partial charge is 0.403 e. The molecule has 4 nitrogen and oxygen atoms in total. The van der Waals surface area contributed by atoms with E-state index in [2.05, 4.69) is 5.43 Å². The molecule has 0 radical (unpaired) electrons. The maximum atomic E-state index is 5.57. The third kappa shape index (κ3) is 1.67. The summed E-state index contributed by atoms with van der Waals surface area (Å²) >= 11 is 0. The molecule has 7 N–H and O–H groups in total. The highest BCUT2D eigenvalue weighted by Crippen LogP contribution is 2.12. The highest BCUT2D eigenvalue weighted by Gasteiger charge is 1.97. The predicted octanol–water partition coefficient (Wildman–Crippen LogP) is -0.0108. The van der Waals surface area contributed by atoms with Crippen LogP contribution in [0.15, 0.2) is 30.5 Å². The molecular formula is C8H12N4. The first-order valence-corrected chi connectivity index (χ1v) is 3.52. The van der Waals surface area contributed by atoms with Crippen molar-refractivity contribution in [3.05, 3.63) is 36.0 Å². The Morgan fingerprint density at radius 3 is 2.67 bits per heavy atom. The molecule has 0 atom stereocenters. The average molecular weight is 164 g/mol. The molecule has 1 aromatic rings. The molecule has 0 aromatic heterocycles. The molecule has 0 saturated heterocycles. The van der Waals surface area contributed by atoms with Gasteiger partial charge in [-0.3, -0.25) is 5.84 Å². The predicted molar refractivity (Wildman–Crippen MR) is 50.3 cm³/mol. The van der Waals surface area contributed by atoms with Crippen LogP contribution >= 0.6 is 0 Å². The summed E-state index contributed by atoms with van der Waals surface area (Å²) in [5.74, 6) is 5.23. The van der Waals surface area contributed by atoms with E-state index >= 15 is 0 Å². The van der Waals surface area contributed by atoms with Crippen LogP contribution in [0.25, 0.3) is 5.70 Å². The minimum absolute atomic E-state index is 0.655. The van der Waals surface area contributed by atoms with Crippen molar-refractivity contribution in [2.24, 2.45) is 11.6 Å². The number of rotatable bonds is 2. The third-order valence-electron chi connectivity index (χ3n) is 1.52. The lowest BCUT2D eigenvalue weighted by molar-refractivity contribution is 0.988. The Labute approximate surface area is 71.0 Å². The van der Waals surface area contributed by atoms with Gasteiger partial charge >= 0.3 is 0 Å². The number of hydrogen-bond acceptors (Lipinski definition) is 4. The molecule has 0 saturated carbocycles. The first-order chi connectivity index (χ1) is 5.77. The molecule has 0 amide bonds. The zero-order valence-corrected chi connectivity index (χ0v) is 6.62. The average Bonchev–Trinajstić information content (AvgIpc) is 2.07. The van der Waals surface area contributed by atoms with E-state index in [1.165, 1.54) is 6.20 Å². The Bertz CT molecular complexity index is 293. The number of nitrogens with two attached hydrogens (primary N) is 3. The molecule has 0 aliphatic heterocycles. The van der Waals surface area contributed by atoms with E-state index in [9.17, 15) is 0 Å². The lowest BCUT2D eigenvalue weighted by Gasteiger charge is -2.05. The van der Waals surface area contributed by atoms with Crippen LogP contribution in [0.5, 0.6) is 0 Å². The maximum absolute atomic E-state index is 5.57. The van der Waals surface area contributed by atoms with E-state index in [1.54, 1.807) is 12.1 Å². The van der Waals surface area contributed by atoms with Crippen LogP contribution in [-0.2, 0) is 0 Å². The van der Waals surface area contributed by atoms with Gasteiger partial charge in [-0.1, -0.05) is 12.1 Å². The van der Waals surface area contributed by atoms with Crippen molar-refractivity contribution in [3.63, 3.8) is 0 Å². The molecule has 12 heavy (non-hydrogen) atoms. The Balaban J connectivity index is 3.02. The minimum Gasteiger partial charge on any atom is -0.403 e. The standard InChI is InChI=1S/C8H12N4/c9-5-8(12-11)6-2-1-3-7(10)4-6/h1-5,12H,9-11H2/b8-5-. The van der Waals surface area contributed by atoms with Crippen LogP contribution in [0.4, 0.5) is 5.69 Å². The fraction of sp³-hybridized carbons (Fsp3) is 0. The van der Waals surface area contributed by atoms with Crippen LogP contribution in [0.3, 0.4) is 0 Å². The number of anilines is 1. The van der Waals surface area contributed by atoms with Gasteiger partial charge in [-0.15, -0.1) is 0 Å². The van der Waals surface area contributed by atoms with Crippen LogP contribution in [0.2, 0.25) is 0 Å². The highest BCUT2D eigenvalue weighted by molar-refractivity contribution is 5.65. The van der Waals surface area contributed by atoms with Crippen LogP contribution in [-0.4, -0.2) is 0 Å². The molecule has 0 bridgehead atoms. The van der Waals surface area contributed by atoms with Crippen molar-refractivity contribution in [2.45, 2.75) is 0 Å². The Morgan fingerprint density at radius 2 is 2.17 bits per heavy atom. The molecule has 0 aliphatic carbocycles. The summed E-state index contributed by atoms with van der Waals surface area (Å²) < 4.78 is 0. The van der Waals surface area contributed by atoms with Crippen molar-refractivity contribution in [1.29, 1.82) is 0 Å². The molecule has 1 rings (SSSR count). The van der Waals surface area contributed by atoms with Gasteiger partial charge in [0.05, 0.1) is 5.70 Å². The number of nitrogen functional groups attached to an aromatic ring is 1. The van der Waals surface area contributed by atoms with E-state index in [4.69, 9.17) is 17.3 Å². The van der Waals surface area contributed by atoms with Gasteiger partial charge in [-0.05, 0) is 12.1 Å². The van der Waals surface area contributed by atoms with E-state index in [1.807, 2.05) is 12.1 Å². The van der Waals surface area contributed by atoms with Gasteiger partial charge in [0.15, 0.2) is 0 Å². The quantitative estimate of drug-likeness (QED) is 0.281. The van der Waals surface area contributed by atoms with Gasteiger partial charge in [0.2, 0.25) is 0 Å². The Hall–Kier alpha value is -1.68. The summed E-state index contributed by atoms with van der Waals surface area (Å²) in [6.07, 6.45) is 1.40. The fourth-order valence-corrected chi connectivity index (χ4v) is 0.934. The summed E-state index contributed by atoms with van der Waals surface area (Å²) in [5.41, 5.74) is 15.6. The molecular weight excluding hydrogens is 152 g/mol. The Kier molecular flexibility index (Phi) is 2.55. The zero-order chi connectivity index (χ0) is 8.97. The van der Waals surface area contributed by atoms with Crippen LogP contribution in [0, 0.1) is 0 Å². The molecule has 0 spiro atoms. The van der Waals surface area contributed by atoms with Crippen molar-refractivity contribution < 1.29 is 0 Å². The molecule has 0 aliphatic rings. The lowest BCUT2D eigenvalue weighted by atomic mass is 10.1. The summed E-state index contributed by atoms with van der Waals surface area (Å²) in [7, 11) is 0. The van der Waals surface area contributed by atoms with Crippen molar-refractivity contribution in [2.75, 3.05) is 5.73 Å². The van der Waals surface area contributed by atoms with E-state index in [0.29, 0.717) is 11.4 Å². The molecule has 1 aromatic carbocycles. The molecule has 64 valence electrons. The first-order valence-electron chi connectivity index (χ1n) is 3.52. The van der Waals surface area contributed by atoms with Gasteiger partial charge in [0.25, 0.3) is 0 Å². The van der Waals surface area contributed by atoms with Crippen molar-refractivity contribution in [3.8, 4) is 0 Å². The Morgan fingerprint density at radius 1 is 1.42 bits per heavy atom. The van der Waals surface area contributed by atoms with Gasteiger partial charge in [-0.25, -0.2) is 0 Å². The summed E-state index contributed by atoms with van der Waals surface area (Å²) in [6, 6.07) is 7.30. The van der Waals surface area contributed by atoms with Crippen molar-refractivity contribution in [1.82, 2.24) is 5.43 Å². The smallest absolute Gasteiger partial charge is 0.0714 e. The monoisotopic (exact) mass is 164 g/mol. The van der Waals surface area contributed by atoms with Crippen LogP contribution in [0.1, 0.15) is 5.56 Å². The maximum Gasteiger partial charge on any atom is 0.0714 e. The van der Waals surface area contributed by atoms with Gasteiger partial charge < -0.3 is 16.9 Å². The van der Waals surface area contributed by atoms with Gasteiger partial charge in [0, 0.05) is 17.5 Å². The van der Waals surface area contributed by atoms with Gasteiger partial charge in [-0.2, -0.15) is 0 Å². The van der Waals surface area contributed by atoms with Gasteiger partial charge in [0.1, 0.15) is 0 Å². The van der Waals surface area contributed by atoms with Crippen LogP contribution < -0.4 is 22.7 Å². The second-order valence-electron chi connectivity index (χ2n) is 2.35. The topological polar surface area (TPSA) is 90.1 Å². The summed E-state index contributed by atoms with van der Waals surface area (Å²) in [5, 5.41) is 0. The summed E-state index contributed by atoms with van der Waals surface area (Å²) in [4.78, 5) is 0. The lowest BCUT2D eigenvalue weighted by Crippen LogP contribution is -2.20. The number of hydrazine groups is 1. The highest BCUT2D eigenvalue weighted by atomic mass is 15.2. The van der Waals surface area contributed by atoms with E-state index in [0.717, 1.165) is 5.56 Å². The minimum atomic E-state index is 0.655. The molecule has 0 unspecified atom stereocenters. The van der Waals surface area contributed by atoms with Crippen molar-refractivity contribution >= 4 is 11.4 Å². The number of benzene rings is 1. The van der Waals surface area contributed by atoms with E-state index < -0.39 is 0 Å². The second-order valence-corrected chi connectivity index (χ2v) is 2.35. The van der Waals surface area contributed by atoms with E-state index in [-0.39, 0.29) is 0 Å². The summed E-state index contributed by atoms with van der Waals surface area (Å²) in [6.45, 7) is 0. The third-order valence-corrected chi connectivity index (χ3v) is 1.52. The zero-order valence-electron chi connectivity index (χ0n) is 6.62. The first kappa shape index (κ1) is 8.42. The fourth-order valence-electron chi connectivity index (χ4n) is 0.934. The SMILES string of the molecule is N/C=C(\NN)c1cccc(N)c1. The second kappa shape index (κ2) is 3.64. The normalized spacial score (nSPS) is 11.2. The molecule has 0 heterocycles. The number of nitrogens with one attached hydrogen (secondary N) is 1. The number of hydrogen-bond donors (Lipinski definition) is 4. The molecule has 4 heteroatoms. The molecule has 0 fully saturated rings.